The first kappa shape index (κ1) is 8.07. The molecule has 0 saturated carbocycles. The van der Waals surface area contributed by atoms with Crippen LogP contribution in [0.3, 0.4) is 0 Å². The van der Waals surface area contributed by atoms with Crippen LogP contribution in [0.1, 0.15) is 16.7 Å². The van der Waals surface area contributed by atoms with E-state index in [-0.39, 0.29) is 5.84 Å². The number of nitrogens with one attached hydrogen (secondary N) is 1. The number of rotatable bonds is 1. The Morgan fingerprint density at radius 2 is 2.31 bits per heavy atom. The quantitative estimate of drug-likeness (QED) is 0.251. The van der Waals surface area contributed by atoms with E-state index in [4.69, 9.17) is 10.9 Å². The highest BCUT2D eigenvalue weighted by atomic mass is 16.4. The van der Waals surface area contributed by atoms with Gasteiger partial charge >= 0.3 is 0 Å². The molecule has 13 heavy (non-hydrogen) atoms. The zero-order valence-corrected chi connectivity index (χ0v) is 7.12. The van der Waals surface area contributed by atoms with E-state index in [1.165, 1.54) is 5.56 Å². The molecule has 1 aliphatic heterocycles. The maximum Gasteiger partial charge on any atom is 0.170 e. The Balaban J connectivity index is 2.53. The number of oxime groups is 1. The van der Waals surface area contributed by atoms with E-state index in [0.29, 0.717) is 0 Å². The molecule has 68 valence electrons. The first-order valence-electron chi connectivity index (χ1n) is 4.12. The molecule has 0 aromatic heterocycles. The van der Waals surface area contributed by atoms with Crippen LogP contribution < -0.4 is 11.1 Å². The zero-order chi connectivity index (χ0) is 9.26. The Morgan fingerprint density at radius 3 is 3.08 bits per heavy atom. The van der Waals surface area contributed by atoms with E-state index in [1.54, 1.807) is 0 Å². The third kappa shape index (κ3) is 1.25. The molecule has 1 heterocycles. The molecule has 1 aliphatic rings. The van der Waals surface area contributed by atoms with E-state index in [2.05, 4.69) is 10.5 Å². The van der Waals surface area contributed by atoms with Crippen LogP contribution in [-0.2, 0) is 13.1 Å². The lowest BCUT2D eigenvalue weighted by Gasteiger charge is -2.04. The largest absolute Gasteiger partial charge is 0.409 e. The standard InChI is InChI=1S/C9H11N3O/c10-9(12-13)7-3-1-2-6-4-11-5-8(6)7/h1-3,11,13H,4-5H2,(H2,10,12). The van der Waals surface area contributed by atoms with E-state index in [0.717, 1.165) is 24.2 Å². The van der Waals surface area contributed by atoms with Gasteiger partial charge in [0.15, 0.2) is 5.84 Å². The summed E-state index contributed by atoms with van der Waals surface area (Å²) in [6, 6.07) is 5.82. The predicted octanol–water partition coefficient (Wildman–Crippen LogP) is 0.384. The average molecular weight is 177 g/mol. The summed E-state index contributed by atoms with van der Waals surface area (Å²) in [5.74, 6) is 0.181. The number of nitrogens with zero attached hydrogens (tertiary/aromatic N) is 1. The summed E-state index contributed by atoms with van der Waals surface area (Å²) in [5.41, 5.74) is 8.73. The maximum absolute atomic E-state index is 8.56. The second-order valence-corrected chi connectivity index (χ2v) is 3.03. The van der Waals surface area contributed by atoms with Gasteiger partial charge in [-0.05, 0) is 11.1 Å². The van der Waals surface area contributed by atoms with Gasteiger partial charge in [0, 0.05) is 18.7 Å². The summed E-state index contributed by atoms with van der Waals surface area (Å²) in [5, 5.41) is 14.8. The summed E-state index contributed by atoms with van der Waals surface area (Å²) in [6.45, 7) is 1.66. The fourth-order valence-electron chi connectivity index (χ4n) is 1.63. The summed E-state index contributed by atoms with van der Waals surface area (Å²) >= 11 is 0. The molecule has 1 aromatic carbocycles. The third-order valence-corrected chi connectivity index (χ3v) is 2.27. The molecule has 4 N–H and O–H groups in total. The van der Waals surface area contributed by atoms with Gasteiger partial charge < -0.3 is 16.3 Å². The molecule has 0 aliphatic carbocycles. The molecular weight excluding hydrogens is 166 g/mol. The van der Waals surface area contributed by atoms with E-state index in [9.17, 15) is 0 Å². The lowest BCUT2D eigenvalue weighted by atomic mass is 10.0. The number of fused-ring (bicyclic) bond motifs is 1. The van der Waals surface area contributed by atoms with Crippen molar-refractivity contribution in [1.82, 2.24) is 5.32 Å². The molecule has 4 nitrogen and oxygen atoms in total. The molecule has 2 rings (SSSR count). The van der Waals surface area contributed by atoms with Crippen molar-refractivity contribution in [1.29, 1.82) is 0 Å². The molecular formula is C9H11N3O. The number of amidine groups is 1. The molecule has 0 bridgehead atoms. The van der Waals surface area contributed by atoms with Crippen LogP contribution in [-0.4, -0.2) is 11.0 Å². The van der Waals surface area contributed by atoms with Gasteiger partial charge in [0.05, 0.1) is 0 Å². The number of hydrogen-bond acceptors (Lipinski definition) is 3. The monoisotopic (exact) mass is 177 g/mol. The maximum atomic E-state index is 8.56. The van der Waals surface area contributed by atoms with Crippen molar-refractivity contribution in [3.8, 4) is 0 Å². The smallest absolute Gasteiger partial charge is 0.170 e. The number of hydrogen-bond donors (Lipinski definition) is 3. The summed E-state index contributed by atoms with van der Waals surface area (Å²) in [6.07, 6.45) is 0. The van der Waals surface area contributed by atoms with Crippen molar-refractivity contribution in [2.45, 2.75) is 13.1 Å². The lowest BCUT2D eigenvalue weighted by molar-refractivity contribution is 0.318. The predicted molar refractivity (Wildman–Crippen MR) is 49.5 cm³/mol. The molecule has 0 fully saturated rings. The zero-order valence-electron chi connectivity index (χ0n) is 7.12. The highest BCUT2D eigenvalue weighted by molar-refractivity contribution is 5.98. The molecule has 0 saturated heterocycles. The second kappa shape index (κ2) is 3.06. The molecule has 0 amide bonds. The minimum atomic E-state index is 0.181. The van der Waals surface area contributed by atoms with Crippen LogP contribution >= 0.6 is 0 Å². The lowest BCUT2D eigenvalue weighted by Crippen LogP contribution is -2.15. The molecule has 4 heteroatoms. The fraction of sp³-hybridized carbons (Fsp3) is 0.222. The highest BCUT2D eigenvalue weighted by Gasteiger charge is 2.15. The van der Waals surface area contributed by atoms with E-state index >= 15 is 0 Å². The van der Waals surface area contributed by atoms with Gasteiger partial charge in [-0.25, -0.2) is 0 Å². The Kier molecular flexibility index (Phi) is 1.90. The van der Waals surface area contributed by atoms with Crippen LogP contribution in [0.2, 0.25) is 0 Å². The molecule has 0 spiro atoms. The molecule has 0 unspecified atom stereocenters. The minimum Gasteiger partial charge on any atom is -0.409 e. The van der Waals surface area contributed by atoms with E-state index in [1.807, 2.05) is 18.2 Å². The van der Waals surface area contributed by atoms with Crippen molar-refractivity contribution in [2.24, 2.45) is 10.9 Å². The van der Waals surface area contributed by atoms with Crippen molar-refractivity contribution in [3.63, 3.8) is 0 Å². The van der Waals surface area contributed by atoms with Gasteiger partial charge in [0.2, 0.25) is 0 Å². The first-order chi connectivity index (χ1) is 6.33. The van der Waals surface area contributed by atoms with Crippen molar-refractivity contribution in [2.75, 3.05) is 0 Å². The van der Waals surface area contributed by atoms with Gasteiger partial charge in [0.25, 0.3) is 0 Å². The van der Waals surface area contributed by atoms with Crippen LogP contribution in [0.5, 0.6) is 0 Å². The fourth-order valence-corrected chi connectivity index (χ4v) is 1.63. The SMILES string of the molecule is N/C(=N\O)c1cccc2c1CNC2. The topological polar surface area (TPSA) is 70.6 Å². The Labute approximate surface area is 76.1 Å². The molecule has 0 radical (unpaired) electrons. The first-order valence-corrected chi connectivity index (χ1v) is 4.12. The van der Waals surface area contributed by atoms with Gasteiger partial charge in [-0.2, -0.15) is 0 Å². The highest BCUT2D eigenvalue weighted by Crippen LogP contribution is 2.19. The molecule has 1 aromatic rings. The minimum absolute atomic E-state index is 0.181. The van der Waals surface area contributed by atoms with Gasteiger partial charge in [-0.3, -0.25) is 0 Å². The Morgan fingerprint density at radius 1 is 1.46 bits per heavy atom. The Hall–Kier alpha value is -1.55. The van der Waals surface area contributed by atoms with E-state index < -0.39 is 0 Å². The van der Waals surface area contributed by atoms with Crippen LogP contribution in [0.25, 0.3) is 0 Å². The summed E-state index contributed by atoms with van der Waals surface area (Å²) in [4.78, 5) is 0. The van der Waals surface area contributed by atoms with Gasteiger partial charge in [0.1, 0.15) is 0 Å². The van der Waals surface area contributed by atoms with Crippen LogP contribution in [0.15, 0.2) is 23.4 Å². The normalized spacial score (nSPS) is 15.8. The third-order valence-electron chi connectivity index (χ3n) is 2.27. The second-order valence-electron chi connectivity index (χ2n) is 3.03. The Bertz CT molecular complexity index is 360. The summed E-state index contributed by atoms with van der Waals surface area (Å²) in [7, 11) is 0. The van der Waals surface area contributed by atoms with Crippen LogP contribution in [0, 0.1) is 0 Å². The summed E-state index contributed by atoms with van der Waals surface area (Å²) < 4.78 is 0. The van der Waals surface area contributed by atoms with Crippen LogP contribution in [0.4, 0.5) is 0 Å². The van der Waals surface area contributed by atoms with Crippen molar-refractivity contribution in [3.05, 3.63) is 34.9 Å². The van der Waals surface area contributed by atoms with Crippen molar-refractivity contribution < 1.29 is 5.21 Å². The number of nitrogens with two attached hydrogens (primary N) is 1. The molecule has 0 atom stereocenters. The average Bonchev–Trinajstić information content (AvgIpc) is 2.63. The van der Waals surface area contributed by atoms with Gasteiger partial charge in [-0.1, -0.05) is 23.4 Å². The number of benzene rings is 1. The van der Waals surface area contributed by atoms with Gasteiger partial charge in [-0.15, -0.1) is 0 Å². The van der Waals surface area contributed by atoms with Crippen molar-refractivity contribution >= 4 is 5.84 Å².